The van der Waals surface area contributed by atoms with Crippen molar-refractivity contribution in [3.63, 3.8) is 0 Å². The smallest absolute Gasteiger partial charge is 0.406 e. The molecule has 0 spiro atoms. The van der Waals surface area contributed by atoms with Crippen molar-refractivity contribution in [1.82, 2.24) is 44.1 Å². The van der Waals surface area contributed by atoms with Crippen molar-refractivity contribution in [2.75, 3.05) is 38.9 Å². The van der Waals surface area contributed by atoms with E-state index in [1.807, 2.05) is 78.9 Å². The number of nitrogens with one attached hydrogen (secondary N) is 1. The lowest BCUT2D eigenvalue weighted by atomic mass is 9.80. The molecular formula is C47H54N11O9P. The number of hydrogen-bond acceptors (Lipinski definition) is 17. The van der Waals surface area contributed by atoms with Crippen molar-refractivity contribution in [3.05, 3.63) is 121 Å². The van der Waals surface area contributed by atoms with E-state index in [1.54, 1.807) is 36.0 Å². The molecule has 2 saturated heterocycles. The predicted octanol–water partition coefficient (Wildman–Crippen LogP) is 6.22. The largest absolute Gasteiger partial charge is 0.497 e. The van der Waals surface area contributed by atoms with E-state index in [9.17, 15) is 5.11 Å². The number of imidazole rings is 2. The van der Waals surface area contributed by atoms with E-state index < -0.39 is 50.2 Å². The summed E-state index contributed by atoms with van der Waals surface area (Å²) in [6, 6.07) is 25.2. The summed E-state index contributed by atoms with van der Waals surface area (Å²) in [5.74, 6) is 1.81. The van der Waals surface area contributed by atoms with Crippen LogP contribution in [0.2, 0.25) is 0 Å². The second kappa shape index (κ2) is 19.5. The minimum Gasteiger partial charge on any atom is -0.497 e. The Labute approximate surface area is 391 Å². The van der Waals surface area contributed by atoms with Crippen LogP contribution in [0.3, 0.4) is 0 Å². The summed E-state index contributed by atoms with van der Waals surface area (Å²) in [7, 11) is -0.980. The van der Waals surface area contributed by atoms with Gasteiger partial charge in [0.2, 0.25) is 0 Å². The number of anilines is 2. The van der Waals surface area contributed by atoms with Gasteiger partial charge in [0.1, 0.15) is 71.6 Å². The fourth-order valence-corrected chi connectivity index (χ4v) is 11.3. The highest BCUT2D eigenvalue weighted by Gasteiger charge is 2.47. The summed E-state index contributed by atoms with van der Waals surface area (Å²) in [4.78, 5) is 25.9. The molecule has 2 aliphatic heterocycles. The number of aliphatic hydroxyl groups excluding tert-OH is 1. The first kappa shape index (κ1) is 45.7. The minimum absolute atomic E-state index is 0.0552. The minimum atomic E-state index is -4.23. The van der Waals surface area contributed by atoms with Gasteiger partial charge in [-0.2, -0.15) is 0 Å². The van der Waals surface area contributed by atoms with Gasteiger partial charge in [-0.1, -0.05) is 73.9 Å². The van der Waals surface area contributed by atoms with Gasteiger partial charge in [0.25, 0.3) is 0 Å². The molecule has 10 rings (SSSR count). The van der Waals surface area contributed by atoms with Gasteiger partial charge in [0, 0.05) is 18.9 Å². The van der Waals surface area contributed by atoms with Gasteiger partial charge in [-0.15, -0.1) is 0 Å². The van der Waals surface area contributed by atoms with Crippen LogP contribution in [-0.4, -0.2) is 102 Å². The Morgan fingerprint density at radius 2 is 1.25 bits per heavy atom. The number of benzene rings is 3. The average Bonchev–Trinajstić information content (AvgIpc) is 4.18. The Morgan fingerprint density at radius 1 is 0.706 bits per heavy atom. The van der Waals surface area contributed by atoms with Crippen molar-refractivity contribution in [3.8, 4) is 11.5 Å². The third kappa shape index (κ3) is 9.01. The van der Waals surface area contributed by atoms with Gasteiger partial charge < -0.3 is 40.3 Å². The molecule has 1 aliphatic carbocycles. The zero-order valence-corrected chi connectivity index (χ0v) is 38.5. The normalized spacial score (nSPS) is 23.3. The number of aromatic nitrogens is 8. The highest BCUT2D eigenvalue weighted by atomic mass is 31.2. The van der Waals surface area contributed by atoms with E-state index in [2.05, 4.69) is 35.0 Å². The van der Waals surface area contributed by atoms with Gasteiger partial charge in [-0.3, -0.25) is 18.2 Å². The summed E-state index contributed by atoms with van der Waals surface area (Å²) in [6.07, 6.45) is 5.84. The van der Waals surface area contributed by atoms with E-state index in [0.717, 1.165) is 48.8 Å². The SMILES string of the molecule is COc1ccc(C(OC[C@H]2O[C@@H](n3cnc4c(N)ncnc43)C[C@@H]2OP(=O)(NC2CCCCC2)OC[C@H]2O[C@@H](n3cnc4c(N)ncnc43)C[C@@H]2O)(c2ccccc2)c2ccc(OC)cc2)cc1. The maximum absolute atomic E-state index is 15.5. The molecule has 0 amide bonds. The summed E-state index contributed by atoms with van der Waals surface area (Å²) < 4.78 is 63.8. The number of nitrogens with zero attached hydrogens (tertiary/aromatic N) is 8. The molecule has 6 heterocycles. The molecule has 68 heavy (non-hydrogen) atoms. The van der Waals surface area contributed by atoms with Crippen molar-refractivity contribution >= 4 is 41.7 Å². The van der Waals surface area contributed by atoms with E-state index in [4.69, 9.17) is 44.2 Å². The lowest BCUT2D eigenvalue weighted by Gasteiger charge is -2.37. The molecule has 7 atom stereocenters. The van der Waals surface area contributed by atoms with Crippen molar-refractivity contribution < 1.29 is 42.4 Å². The molecule has 0 bridgehead atoms. The quantitative estimate of drug-likeness (QED) is 0.0583. The van der Waals surface area contributed by atoms with Gasteiger partial charge in [-0.05, 0) is 53.8 Å². The number of aliphatic hydroxyl groups is 1. The zero-order chi connectivity index (χ0) is 46.8. The Hall–Kier alpha value is -6.09. The van der Waals surface area contributed by atoms with Gasteiger partial charge >= 0.3 is 7.75 Å². The molecule has 3 fully saturated rings. The first-order valence-electron chi connectivity index (χ1n) is 22.7. The Balaban J connectivity index is 0.987. The predicted molar refractivity (Wildman–Crippen MR) is 249 cm³/mol. The van der Waals surface area contributed by atoms with Crippen molar-refractivity contribution in [2.45, 2.75) is 93.5 Å². The molecule has 6 N–H and O–H groups in total. The average molecular weight is 948 g/mol. The number of fused-ring (bicyclic) bond motifs is 2. The number of hydrogen-bond donors (Lipinski definition) is 4. The maximum Gasteiger partial charge on any atom is 0.406 e. The molecule has 4 aromatic heterocycles. The van der Waals surface area contributed by atoms with E-state index >= 15 is 4.57 Å². The Bertz CT molecular complexity index is 2820. The van der Waals surface area contributed by atoms with Gasteiger partial charge in [0.15, 0.2) is 22.9 Å². The van der Waals surface area contributed by atoms with Crippen LogP contribution in [0.4, 0.5) is 11.6 Å². The molecular weight excluding hydrogens is 894 g/mol. The van der Waals surface area contributed by atoms with Crippen molar-refractivity contribution in [2.24, 2.45) is 0 Å². The molecule has 3 aliphatic rings. The fraction of sp³-hybridized carbons (Fsp3) is 0.404. The highest BCUT2D eigenvalue weighted by Crippen LogP contribution is 2.52. The van der Waals surface area contributed by atoms with Gasteiger partial charge in [0.05, 0.1) is 46.2 Å². The van der Waals surface area contributed by atoms with Crippen molar-refractivity contribution in [1.29, 1.82) is 0 Å². The van der Waals surface area contributed by atoms with Crippen LogP contribution in [0.1, 0.15) is 74.1 Å². The lowest BCUT2D eigenvalue weighted by Crippen LogP contribution is -2.39. The molecule has 7 aromatic rings. The highest BCUT2D eigenvalue weighted by molar-refractivity contribution is 7.51. The lowest BCUT2D eigenvalue weighted by molar-refractivity contribution is -0.0924. The molecule has 3 aromatic carbocycles. The van der Waals surface area contributed by atoms with Gasteiger partial charge in [-0.25, -0.2) is 39.6 Å². The van der Waals surface area contributed by atoms with E-state index in [-0.39, 0.29) is 43.7 Å². The molecule has 0 radical (unpaired) electrons. The second-order valence-electron chi connectivity index (χ2n) is 17.2. The molecule has 356 valence electrons. The van der Waals surface area contributed by atoms with Crippen LogP contribution in [0, 0.1) is 0 Å². The summed E-state index contributed by atoms with van der Waals surface area (Å²) in [5, 5.41) is 14.6. The summed E-state index contributed by atoms with van der Waals surface area (Å²) in [5.41, 5.74) is 15.3. The third-order valence-corrected chi connectivity index (χ3v) is 14.8. The van der Waals surface area contributed by atoms with Crippen LogP contribution < -0.4 is 26.0 Å². The number of rotatable bonds is 17. The van der Waals surface area contributed by atoms with Crippen LogP contribution in [0.5, 0.6) is 11.5 Å². The number of nitrogen functional groups attached to an aromatic ring is 2. The summed E-state index contributed by atoms with van der Waals surface area (Å²) >= 11 is 0. The fourth-order valence-electron chi connectivity index (χ4n) is 9.51. The van der Waals surface area contributed by atoms with E-state index in [1.165, 1.54) is 12.7 Å². The summed E-state index contributed by atoms with van der Waals surface area (Å²) in [6.45, 7) is -0.314. The second-order valence-corrected chi connectivity index (χ2v) is 18.9. The van der Waals surface area contributed by atoms with Crippen LogP contribution in [-0.2, 0) is 33.4 Å². The van der Waals surface area contributed by atoms with E-state index in [0.29, 0.717) is 33.8 Å². The van der Waals surface area contributed by atoms with Crippen LogP contribution in [0.15, 0.2) is 104 Å². The number of ether oxygens (including phenoxy) is 5. The number of methoxy groups -OCH3 is 2. The third-order valence-electron chi connectivity index (χ3n) is 13.0. The number of nitrogens with two attached hydrogens (primary N) is 2. The standard InChI is InChI=1S/C47H54N11O9P/c1-61-33-17-13-30(14-18-33)47(29-9-5-3-6-10-29,31-15-19-34(62-2)20-16-31)63-23-38-36(22-40(66-38)58-28-55-42-44(49)51-26-53-46(42)58)67-68(60,56-32-11-7-4-8-12-32)64-24-37-35(59)21-39(65-37)57-27-54-41-43(48)50-25-52-45(41)57/h3,5-6,9-10,13-20,25-28,32,35-40,59H,4,7-8,11-12,21-24H2,1-2H3,(H,56,60)(H2,48,50,52)(H2,49,51,53)/t35-,36-,37+,38+,39+,40+,68?/m0/s1. The first-order valence-corrected chi connectivity index (χ1v) is 24.2. The topological polar surface area (TPSA) is 253 Å². The maximum atomic E-state index is 15.5. The Morgan fingerprint density at radius 3 is 1.82 bits per heavy atom. The molecule has 20 nitrogen and oxygen atoms in total. The molecule has 1 unspecified atom stereocenters. The first-order chi connectivity index (χ1) is 33.1. The zero-order valence-electron chi connectivity index (χ0n) is 37.6. The van der Waals surface area contributed by atoms with Crippen LogP contribution >= 0.6 is 7.75 Å². The Kier molecular flexibility index (Phi) is 13.1. The monoisotopic (exact) mass is 947 g/mol. The molecule has 1 saturated carbocycles. The molecule has 21 heteroatoms. The van der Waals surface area contributed by atoms with Crippen LogP contribution in [0.25, 0.3) is 22.3 Å².